The van der Waals surface area contributed by atoms with Crippen molar-refractivity contribution in [3.8, 4) is 5.88 Å². The van der Waals surface area contributed by atoms with Crippen LogP contribution in [0.2, 0.25) is 0 Å². The Morgan fingerprint density at radius 1 is 1.29 bits per heavy atom. The summed E-state index contributed by atoms with van der Waals surface area (Å²) >= 11 is 0. The molecular weight excluding hydrogens is 381 g/mol. The number of anilines is 1. The molecule has 0 aliphatic carbocycles. The van der Waals surface area contributed by atoms with Crippen LogP contribution < -0.4 is 15.2 Å². The molecule has 1 N–H and O–H groups in total. The molecule has 1 fully saturated rings. The quantitative estimate of drug-likeness (QED) is 0.614. The lowest BCUT2D eigenvalue weighted by molar-refractivity contribution is -0.385. The third kappa shape index (κ3) is 4.41. The Balaban J connectivity index is 1.56. The average molecular weight is 398 g/mol. The van der Waals surface area contributed by atoms with Crippen LogP contribution in [0.1, 0.15) is 18.4 Å². The van der Waals surface area contributed by atoms with E-state index in [9.17, 15) is 28.1 Å². The number of aromatic amines is 1. The van der Waals surface area contributed by atoms with Gasteiger partial charge in [-0.3, -0.25) is 14.9 Å². The topological polar surface area (TPSA) is 101 Å². The fourth-order valence-electron chi connectivity index (χ4n) is 3.07. The van der Waals surface area contributed by atoms with E-state index in [1.54, 1.807) is 4.90 Å². The number of ether oxygens (including phenoxy) is 1. The zero-order chi connectivity index (χ0) is 20.3. The van der Waals surface area contributed by atoms with E-state index >= 15 is 0 Å². The molecule has 0 atom stereocenters. The van der Waals surface area contributed by atoms with Gasteiger partial charge >= 0.3 is 17.4 Å². The van der Waals surface area contributed by atoms with Crippen molar-refractivity contribution < 1.29 is 22.8 Å². The van der Waals surface area contributed by atoms with Crippen molar-refractivity contribution in [1.29, 1.82) is 0 Å². The van der Waals surface area contributed by atoms with Gasteiger partial charge in [-0.1, -0.05) is 0 Å². The number of piperidine rings is 1. The number of hydrogen-bond acceptors (Lipinski definition) is 6. The maximum absolute atomic E-state index is 12.5. The van der Waals surface area contributed by atoms with Crippen LogP contribution in [-0.4, -0.2) is 34.6 Å². The Morgan fingerprint density at radius 3 is 2.57 bits per heavy atom. The van der Waals surface area contributed by atoms with Crippen molar-refractivity contribution in [3.63, 3.8) is 0 Å². The maximum Gasteiger partial charge on any atom is 0.417 e. The molecule has 8 nitrogen and oxygen atoms in total. The molecule has 0 radical (unpaired) electrons. The number of rotatable bonds is 5. The largest absolute Gasteiger partial charge is 0.477 e. The summed E-state index contributed by atoms with van der Waals surface area (Å²) in [6.07, 6.45) is -1.03. The van der Waals surface area contributed by atoms with Crippen molar-refractivity contribution in [3.05, 3.63) is 56.6 Å². The summed E-state index contributed by atoms with van der Waals surface area (Å²) in [6.45, 7) is 1.28. The molecule has 3 rings (SSSR count). The van der Waals surface area contributed by atoms with Gasteiger partial charge in [0.2, 0.25) is 5.88 Å². The highest BCUT2D eigenvalue weighted by atomic mass is 19.4. The number of hydrogen-bond donors (Lipinski definition) is 1. The fourth-order valence-corrected chi connectivity index (χ4v) is 3.07. The van der Waals surface area contributed by atoms with E-state index in [0.29, 0.717) is 25.9 Å². The Hall–Kier alpha value is -3.11. The van der Waals surface area contributed by atoms with Gasteiger partial charge in [-0.2, -0.15) is 13.2 Å². The standard InChI is InChI=1S/C17H17F3N4O4/c18-17(19,20)12-1-2-14(22-9-12)28-10-11-4-7-23(8-5-11)13-3-6-21-16(25)15(13)24(26)27/h1-3,6,9,11H,4-5,7-8,10H2,(H,21,25). The van der Waals surface area contributed by atoms with Crippen LogP contribution in [0.25, 0.3) is 0 Å². The molecule has 3 heterocycles. The van der Waals surface area contributed by atoms with Crippen LogP contribution in [0, 0.1) is 16.0 Å². The molecule has 0 amide bonds. The predicted octanol–water partition coefficient (Wildman–Crippen LogP) is 2.99. The normalized spacial score (nSPS) is 15.5. The number of aromatic nitrogens is 2. The number of nitrogens with one attached hydrogen (secondary N) is 1. The molecule has 28 heavy (non-hydrogen) atoms. The lowest BCUT2D eigenvalue weighted by atomic mass is 9.97. The molecule has 0 aromatic carbocycles. The van der Waals surface area contributed by atoms with Crippen molar-refractivity contribution in [2.45, 2.75) is 19.0 Å². The average Bonchev–Trinajstić information content (AvgIpc) is 2.66. The Morgan fingerprint density at radius 2 is 2.00 bits per heavy atom. The Kier molecular flexibility index (Phi) is 5.52. The lowest BCUT2D eigenvalue weighted by Crippen LogP contribution is -2.36. The van der Waals surface area contributed by atoms with Gasteiger partial charge in [-0.15, -0.1) is 0 Å². The molecule has 150 valence electrons. The first kappa shape index (κ1) is 19.6. The highest BCUT2D eigenvalue weighted by molar-refractivity contribution is 5.61. The molecule has 0 bridgehead atoms. The lowest BCUT2D eigenvalue weighted by Gasteiger charge is -2.32. The number of pyridine rings is 2. The van der Waals surface area contributed by atoms with Gasteiger partial charge in [-0.05, 0) is 30.9 Å². The predicted molar refractivity (Wildman–Crippen MR) is 93.4 cm³/mol. The molecule has 0 unspecified atom stereocenters. The molecule has 0 spiro atoms. The van der Waals surface area contributed by atoms with E-state index in [4.69, 9.17) is 4.74 Å². The molecule has 11 heteroatoms. The monoisotopic (exact) mass is 398 g/mol. The minimum Gasteiger partial charge on any atom is -0.477 e. The number of alkyl halides is 3. The van der Waals surface area contributed by atoms with Gasteiger partial charge in [0.15, 0.2) is 0 Å². The number of nitrogens with zero attached hydrogens (tertiary/aromatic N) is 3. The van der Waals surface area contributed by atoms with Crippen LogP contribution >= 0.6 is 0 Å². The maximum atomic E-state index is 12.5. The molecule has 1 aliphatic rings. The second kappa shape index (κ2) is 7.87. The van der Waals surface area contributed by atoms with E-state index in [1.807, 2.05) is 0 Å². The van der Waals surface area contributed by atoms with Gasteiger partial charge in [0.25, 0.3) is 0 Å². The number of halogens is 3. The van der Waals surface area contributed by atoms with E-state index in [0.717, 1.165) is 12.3 Å². The van der Waals surface area contributed by atoms with E-state index in [1.165, 1.54) is 18.3 Å². The first-order valence-corrected chi connectivity index (χ1v) is 8.53. The summed E-state index contributed by atoms with van der Waals surface area (Å²) in [7, 11) is 0. The zero-order valence-corrected chi connectivity index (χ0v) is 14.6. The molecule has 2 aromatic rings. The third-order valence-electron chi connectivity index (χ3n) is 4.58. The van der Waals surface area contributed by atoms with Gasteiger partial charge in [0, 0.05) is 31.5 Å². The Labute approximate surface area is 157 Å². The number of nitro groups is 1. The SMILES string of the molecule is O=c1[nH]ccc(N2CCC(COc3ccc(C(F)(F)F)cn3)CC2)c1[N+](=O)[O-]. The summed E-state index contributed by atoms with van der Waals surface area (Å²) in [4.78, 5) is 29.9. The summed E-state index contributed by atoms with van der Waals surface area (Å²) in [5.74, 6) is 0.238. The van der Waals surface area contributed by atoms with E-state index in [-0.39, 0.29) is 24.1 Å². The molecular formula is C17H17F3N4O4. The highest BCUT2D eigenvalue weighted by Gasteiger charge is 2.31. The zero-order valence-electron chi connectivity index (χ0n) is 14.6. The van der Waals surface area contributed by atoms with Crippen LogP contribution in [0.3, 0.4) is 0 Å². The van der Waals surface area contributed by atoms with Gasteiger partial charge in [0.05, 0.1) is 17.1 Å². The third-order valence-corrected chi connectivity index (χ3v) is 4.58. The summed E-state index contributed by atoms with van der Waals surface area (Å²) < 4.78 is 43.1. The van der Waals surface area contributed by atoms with Crippen molar-refractivity contribution in [2.24, 2.45) is 5.92 Å². The van der Waals surface area contributed by atoms with Gasteiger partial charge in [-0.25, -0.2) is 4.98 Å². The minimum atomic E-state index is -4.44. The number of H-pyrrole nitrogens is 1. The minimum absolute atomic E-state index is 0.112. The van der Waals surface area contributed by atoms with Crippen LogP contribution in [-0.2, 0) is 6.18 Å². The Bertz CT molecular complexity index is 891. The first-order chi connectivity index (χ1) is 13.3. The summed E-state index contributed by atoms with van der Waals surface area (Å²) in [5, 5.41) is 11.2. The van der Waals surface area contributed by atoms with Crippen molar-refractivity contribution in [1.82, 2.24) is 9.97 Å². The first-order valence-electron chi connectivity index (χ1n) is 8.53. The van der Waals surface area contributed by atoms with Crippen LogP contribution in [0.15, 0.2) is 35.4 Å². The van der Waals surface area contributed by atoms with E-state index < -0.39 is 27.9 Å². The van der Waals surface area contributed by atoms with Gasteiger partial charge in [0.1, 0.15) is 5.69 Å². The van der Waals surface area contributed by atoms with Gasteiger partial charge < -0.3 is 14.6 Å². The molecule has 0 saturated carbocycles. The van der Waals surface area contributed by atoms with Crippen LogP contribution in [0.4, 0.5) is 24.5 Å². The van der Waals surface area contributed by atoms with Crippen molar-refractivity contribution >= 4 is 11.4 Å². The smallest absolute Gasteiger partial charge is 0.417 e. The summed E-state index contributed by atoms with van der Waals surface area (Å²) in [6, 6.07) is 3.59. The molecule has 2 aromatic heterocycles. The second-order valence-corrected chi connectivity index (χ2v) is 6.42. The summed E-state index contributed by atoms with van der Waals surface area (Å²) in [5.41, 5.74) is -1.79. The van der Waals surface area contributed by atoms with Crippen LogP contribution in [0.5, 0.6) is 5.88 Å². The van der Waals surface area contributed by atoms with E-state index in [2.05, 4.69) is 9.97 Å². The molecule has 1 saturated heterocycles. The second-order valence-electron chi connectivity index (χ2n) is 6.42. The van der Waals surface area contributed by atoms with Crippen molar-refractivity contribution in [2.75, 3.05) is 24.6 Å². The highest BCUT2D eigenvalue weighted by Crippen LogP contribution is 2.30. The fraction of sp³-hybridized carbons (Fsp3) is 0.412. The molecule has 1 aliphatic heterocycles.